The summed E-state index contributed by atoms with van der Waals surface area (Å²) in [6.07, 6.45) is 3.81. The van der Waals surface area contributed by atoms with Crippen LogP contribution in [0.25, 0.3) is 21.9 Å². The van der Waals surface area contributed by atoms with E-state index >= 15 is 0 Å². The fourth-order valence-corrected chi connectivity index (χ4v) is 3.18. The van der Waals surface area contributed by atoms with Gasteiger partial charge in [-0.1, -0.05) is 51.1 Å². The van der Waals surface area contributed by atoms with E-state index in [2.05, 4.69) is 61.1 Å². The molecule has 0 saturated heterocycles. The summed E-state index contributed by atoms with van der Waals surface area (Å²) < 4.78 is 2.13. The molecule has 3 nitrogen and oxygen atoms in total. The summed E-state index contributed by atoms with van der Waals surface area (Å²) in [5.74, 6) is 0.861. The van der Waals surface area contributed by atoms with Crippen LogP contribution in [0.4, 0.5) is 5.69 Å². The minimum Gasteiger partial charge on any atom is -0.299 e. The molecular weight excluding hydrogens is 306 g/mol. The molecule has 1 heterocycles. The van der Waals surface area contributed by atoms with Gasteiger partial charge in [0, 0.05) is 18.0 Å². The number of hydrogen-bond acceptors (Lipinski definition) is 1. The number of imidazole rings is 1. The van der Waals surface area contributed by atoms with Gasteiger partial charge in [-0.15, -0.1) is 0 Å². The van der Waals surface area contributed by atoms with Gasteiger partial charge in [-0.25, -0.2) is 9.83 Å². The largest absolute Gasteiger partial charge is 0.299 e. The lowest BCUT2D eigenvalue weighted by atomic mass is 9.84. The quantitative estimate of drug-likeness (QED) is 0.528. The molecule has 0 unspecified atom stereocenters. The molecule has 25 heavy (non-hydrogen) atoms. The SMILES string of the molecule is [C-]#[N+]c1cccc(-c2nccn2-c2c(C)cc(C(C)(C)C)cc2C)c1. The van der Waals surface area contributed by atoms with E-state index in [0.29, 0.717) is 5.69 Å². The standard InChI is InChI=1S/C22H23N3/c1-15-12-18(22(3,4)5)13-16(2)20(15)25-11-10-24-21(25)17-8-7-9-19(14-17)23-6/h7-14H,1-5H3. The van der Waals surface area contributed by atoms with E-state index in [1.807, 2.05) is 36.7 Å². The Morgan fingerprint density at radius 2 is 1.72 bits per heavy atom. The van der Waals surface area contributed by atoms with Gasteiger partial charge in [0.25, 0.3) is 0 Å². The fourth-order valence-electron chi connectivity index (χ4n) is 3.18. The topological polar surface area (TPSA) is 22.2 Å². The van der Waals surface area contributed by atoms with E-state index in [4.69, 9.17) is 6.57 Å². The Bertz CT molecular complexity index is 942. The lowest BCUT2D eigenvalue weighted by molar-refractivity contribution is 0.589. The van der Waals surface area contributed by atoms with Crippen LogP contribution in [0.2, 0.25) is 0 Å². The number of nitrogens with zero attached hydrogens (tertiary/aromatic N) is 3. The summed E-state index contributed by atoms with van der Waals surface area (Å²) in [6.45, 7) is 18.2. The fraction of sp³-hybridized carbons (Fsp3) is 0.273. The lowest BCUT2D eigenvalue weighted by Crippen LogP contribution is -2.13. The number of hydrogen-bond donors (Lipinski definition) is 0. The van der Waals surface area contributed by atoms with Crippen molar-refractivity contribution < 1.29 is 0 Å². The highest BCUT2D eigenvalue weighted by atomic mass is 15.1. The van der Waals surface area contributed by atoms with Gasteiger partial charge in [0.15, 0.2) is 5.69 Å². The average Bonchev–Trinajstić information content (AvgIpc) is 3.02. The van der Waals surface area contributed by atoms with E-state index in [0.717, 1.165) is 17.1 Å². The Hall–Kier alpha value is -2.86. The highest BCUT2D eigenvalue weighted by Crippen LogP contribution is 2.32. The summed E-state index contributed by atoms with van der Waals surface area (Å²) in [5, 5.41) is 0. The van der Waals surface area contributed by atoms with Gasteiger partial charge in [-0.3, -0.25) is 4.57 Å². The molecule has 0 spiro atoms. The predicted molar refractivity (Wildman–Crippen MR) is 103 cm³/mol. The van der Waals surface area contributed by atoms with Crippen LogP contribution in [0.1, 0.15) is 37.5 Å². The molecule has 3 heteroatoms. The van der Waals surface area contributed by atoms with Gasteiger partial charge in [-0.05, 0) is 42.0 Å². The maximum absolute atomic E-state index is 7.23. The van der Waals surface area contributed by atoms with Crippen molar-refractivity contribution in [2.75, 3.05) is 0 Å². The van der Waals surface area contributed by atoms with Crippen LogP contribution in [0.3, 0.4) is 0 Å². The first-order valence-corrected chi connectivity index (χ1v) is 8.44. The summed E-state index contributed by atoms with van der Waals surface area (Å²) in [6, 6.07) is 12.1. The Labute approximate surface area is 149 Å². The summed E-state index contributed by atoms with van der Waals surface area (Å²) in [7, 11) is 0. The van der Waals surface area contributed by atoms with Crippen LogP contribution >= 0.6 is 0 Å². The van der Waals surface area contributed by atoms with Crippen molar-refractivity contribution in [3.8, 4) is 17.1 Å². The van der Waals surface area contributed by atoms with Crippen molar-refractivity contribution in [3.63, 3.8) is 0 Å². The van der Waals surface area contributed by atoms with Crippen LogP contribution in [0, 0.1) is 20.4 Å². The highest BCUT2D eigenvalue weighted by Gasteiger charge is 2.18. The van der Waals surface area contributed by atoms with E-state index in [1.54, 1.807) is 0 Å². The van der Waals surface area contributed by atoms with Crippen LogP contribution in [-0.4, -0.2) is 9.55 Å². The van der Waals surface area contributed by atoms with Gasteiger partial charge >= 0.3 is 0 Å². The zero-order valence-corrected chi connectivity index (χ0v) is 15.5. The van der Waals surface area contributed by atoms with E-state index in [9.17, 15) is 0 Å². The van der Waals surface area contributed by atoms with Gasteiger partial charge < -0.3 is 0 Å². The van der Waals surface area contributed by atoms with Gasteiger partial charge in [0.1, 0.15) is 5.82 Å². The lowest BCUT2D eigenvalue weighted by Gasteiger charge is -2.23. The van der Waals surface area contributed by atoms with Crippen LogP contribution < -0.4 is 0 Å². The summed E-state index contributed by atoms with van der Waals surface area (Å²) in [4.78, 5) is 8.08. The minimum absolute atomic E-state index is 0.121. The second kappa shape index (κ2) is 6.22. The van der Waals surface area contributed by atoms with Crippen LogP contribution in [0.15, 0.2) is 48.8 Å². The number of aryl methyl sites for hydroxylation is 2. The molecule has 0 amide bonds. The van der Waals surface area contributed by atoms with Gasteiger partial charge in [-0.2, -0.15) is 0 Å². The minimum atomic E-state index is 0.121. The van der Waals surface area contributed by atoms with Crippen molar-refractivity contribution in [3.05, 3.63) is 76.9 Å². The number of rotatable bonds is 2. The number of benzene rings is 2. The van der Waals surface area contributed by atoms with Crippen molar-refractivity contribution in [2.45, 2.75) is 40.0 Å². The molecule has 0 N–H and O–H groups in total. The Morgan fingerprint density at radius 3 is 2.32 bits per heavy atom. The molecule has 0 radical (unpaired) electrons. The average molecular weight is 329 g/mol. The van der Waals surface area contributed by atoms with Crippen molar-refractivity contribution >= 4 is 5.69 Å². The molecule has 0 bridgehead atoms. The second-order valence-corrected chi connectivity index (χ2v) is 7.49. The maximum atomic E-state index is 7.23. The third-order valence-corrected chi connectivity index (χ3v) is 4.47. The Kier molecular flexibility index (Phi) is 4.22. The van der Waals surface area contributed by atoms with Crippen molar-refractivity contribution in [1.82, 2.24) is 9.55 Å². The first-order valence-electron chi connectivity index (χ1n) is 8.44. The van der Waals surface area contributed by atoms with Crippen LogP contribution in [0.5, 0.6) is 0 Å². The Morgan fingerprint density at radius 1 is 1.04 bits per heavy atom. The third kappa shape index (κ3) is 3.21. The second-order valence-electron chi connectivity index (χ2n) is 7.49. The van der Waals surface area contributed by atoms with Gasteiger partial charge in [0.05, 0.1) is 12.3 Å². The van der Waals surface area contributed by atoms with E-state index in [1.165, 1.54) is 16.7 Å². The zero-order valence-electron chi connectivity index (χ0n) is 15.5. The third-order valence-electron chi connectivity index (χ3n) is 4.47. The van der Waals surface area contributed by atoms with E-state index < -0.39 is 0 Å². The molecule has 126 valence electrons. The van der Waals surface area contributed by atoms with Crippen molar-refractivity contribution in [2.24, 2.45) is 0 Å². The maximum Gasteiger partial charge on any atom is 0.187 e. The molecule has 0 saturated carbocycles. The van der Waals surface area contributed by atoms with Crippen LogP contribution in [-0.2, 0) is 5.41 Å². The first-order chi connectivity index (χ1) is 11.8. The molecule has 3 rings (SSSR count). The normalized spacial score (nSPS) is 11.4. The van der Waals surface area contributed by atoms with E-state index in [-0.39, 0.29) is 5.41 Å². The zero-order chi connectivity index (χ0) is 18.2. The summed E-state index contributed by atoms with van der Waals surface area (Å²) >= 11 is 0. The molecule has 0 fully saturated rings. The molecule has 0 aliphatic heterocycles. The smallest absolute Gasteiger partial charge is 0.187 e. The molecular formula is C22H23N3. The monoisotopic (exact) mass is 329 g/mol. The predicted octanol–water partition coefficient (Wildman–Crippen LogP) is 6.00. The highest BCUT2D eigenvalue weighted by molar-refractivity contribution is 5.66. The Balaban J connectivity index is 2.17. The van der Waals surface area contributed by atoms with Gasteiger partial charge in [0.2, 0.25) is 0 Å². The summed E-state index contributed by atoms with van der Waals surface area (Å²) in [5.41, 5.74) is 6.66. The number of aromatic nitrogens is 2. The molecule has 0 atom stereocenters. The molecule has 3 aromatic rings. The molecule has 0 aliphatic carbocycles. The van der Waals surface area contributed by atoms with Crippen molar-refractivity contribution in [1.29, 1.82) is 0 Å². The molecule has 2 aromatic carbocycles. The molecule has 0 aliphatic rings. The first kappa shape index (κ1) is 17.0. The molecule has 1 aromatic heterocycles.